The van der Waals surface area contributed by atoms with Crippen LogP contribution in [0.25, 0.3) is 0 Å². The standard InChI is InChI=1S/C21H26O5/c1-12-7-13(2)21(9-23-15(4)22)10-24-20(19(12)14(21)3)16-5-6-17-18(8-16)26-11-25-17/h5-8,13-14,19-20H,9-11H2,1-4H3/t13-,14+,19-,20-,21+/m1/s1. The lowest BCUT2D eigenvalue weighted by Gasteiger charge is -2.55. The van der Waals surface area contributed by atoms with E-state index in [2.05, 4.69) is 32.9 Å². The van der Waals surface area contributed by atoms with E-state index in [0.29, 0.717) is 25.0 Å². The third kappa shape index (κ3) is 2.60. The van der Waals surface area contributed by atoms with Gasteiger partial charge in [0.2, 0.25) is 6.79 Å². The SMILES string of the molecule is CC(=O)OC[C@]12CO[C@H](c3ccc4c(c3)OCO4)[C@H](C(C)=C[C@H]1C)[C@@H]2C. The zero-order valence-corrected chi connectivity index (χ0v) is 15.8. The number of rotatable bonds is 3. The molecule has 26 heavy (non-hydrogen) atoms. The Morgan fingerprint density at radius 1 is 1.27 bits per heavy atom. The number of ether oxygens (including phenoxy) is 4. The highest BCUT2D eigenvalue weighted by atomic mass is 16.7. The van der Waals surface area contributed by atoms with Crippen LogP contribution in [0.15, 0.2) is 29.8 Å². The van der Waals surface area contributed by atoms with Gasteiger partial charge in [-0.2, -0.15) is 0 Å². The van der Waals surface area contributed by atoms with Gasteiger partial charge in [0.15, 0.2) is 11.5 Å². The van der Waals surface area contributed by atoms with Crippen LogP contribution in [0.4, 0.5) is 0 Å². The molecule has 5 nitrogen and oxygen atoms in total. The van der Waals surface area contributed by atoms with Gasteiger partial charge in [0.25, 0.3) is 0 Å². The second-order valence-electron chi connectivity index (χ2n) is 7.87. The van der Waals surface area contributed by atoms with Gasteiger partial charge in [-0.25, -0.2) is 0 Å². The van der Waals surface area contributed by atoms with E-state index in [9.17, 15) is 4.79 Å². The Morgan fingerprint density at radius 3 is 2.81 bits per heavy atom. The Balaban J connectivity index is 1.67. The summed E-state index contributed by atoms with van der Waals surface area (Å²) in [4.78, 5) is 11.4. The van der Waals surface area contributed by atoms with Crippen molar-refractivity contribution in [1.29, 1.82) is 0 Å². The minimum Gasteiger partial charge on any atom is -0.465 e. The minimum atomic E-state index is -0.237. The lowest BCUT2D eigenvalue weighted by Crippen LogP contribution is -2.54. The first-order valence-corrected chi connectivity index (χ1v) is 9.25. The summed E-state index contributed by atoms with van der Waals surface area (Å²) in [5, 5.41) is 0. The molecule has 0 radical (unpaired) electrons. The van der Waals surface area contributed by atoms with Gasteiger partial charge in [0.05, 0.1) is 19.3 Å². The molecule has 2 bridgehead atoms. The van der Waals surface area contributed by atoms with Crippen LogP contribution >= 0.6 is 0 Å². The summed E-state index contributed by atoms with van der Waals surface area (Å²) >= 11 is 0. The number of allylic oxidation sites excluding steroid dienone is 1. The molecule has 0 spiro atoms. The summed E-state index contributed by atoms with van der Waals surface area (Å²) in [5.74, 6) is 2.21. The van der Waals surface area contributed by atoms with E-state index in [1.54, 1.807) is 0 Å². The maximum absolute atomic E-state index is 11.4. The Kier molecular flexibility index (Phi) is 4.22. The highest BCUT2D eigenvalue weighted by Gasteiger charge is 2.54. The first-order valence-electron chi connectivity index (χ1n) is 9.25. The van der Waals surface area contributed by atoms with E-state index in [1.807, 2.05) is 12.1 Å². The van der Waals surface area contributed by atoms with Gasteiger partial charge in [-0.05, 0) is 36.5 Å². The van der Waals surface area contributed by atoms with Crippen LogP contribution in [0.5, 0.6) is 11.5 Å². The molecule has 2 heterocycles. The quantitative estimate of drug-likeness (QED) is 0.606. The summed E-state index contributed by atoms with van der Waals surface area (Å²) in [5.41, 5.74) is 2.27. The van der Waals surface area contributed by atoms with Crippen molar-refractivity contribution in [2.24, 2.45) is 23.2 Å². The second kappa shape index (κ2) is 6.31. The van der Waals surface area contributed by atoms with Crippen molar-refractivity contribution in [3.05, 3.63) is 35.4 Å². The number of carbonyl (C=O) groups is 1. The summed E-state index contributed by atoms with van der Waals surface area (Å²) in [6, 6.07) is 6.05. The lowest BCUT2D eigenvalue weighted by molar-refractivity contribution is -0.180. The molecule has 1 aliphatic carbocycles. The summed E-state index contributed by atoms with van der Waals surface area (Å²) in [6.45, 7) is 9.36. The van der Waals surface area contributed by atoms with Gasteiger partial charge in [-0.15, -0.1) is 0 Å². The molecule has 2 aliphatic heterocycles. The summed E-state index contributed by atoms with van der Waals surface area (Å²) < 4.78 is 22.8. The first kappa shape index (κ1) is 17.4. The molecular formula is C21H26O5. The molecule has 0 aromatic heterocycles. The zero-order chi connectivity index (χ0) is 18.5. The van der Waals surface area contributed by atoms with E-state index in [-0.39, 0.29) is 30.2 Å². The minimum absolute atomic E-state index is 0.0336. The van der Waals surface area contributed by atoms with Crippen molar-refractivity contribution < 1.29 is 23.7 Å². The lowest BCUT2D eigenvalue weighted by atomic mass is 9.56. The largest absolute Gasteiger partial charge is 0.465 e. The number of fused-ring (bicyclic) bond motifs is 3. The Bertz CT molecular complexity index is 755. The van der Waals surface area contributed by atoms with Crippen LogP contribution in [0.3, 0.4) is 0 Å². The zero-order valence-electron chi connectivity index (χ0n) is 15.8. The predicted octanol–water partition coefficient (Wildman–Crippen LogP) is 3.88. The van der Waals surface area contributed by atoms with Crippen LogP contribution in [0.1, 0.15) is 39.4 Å². The van der Waals surface area contributed by atoms with Crippen LogP contribution in [0, 0.1) is 23.2 Å². The van der Waals surface area contributed by atoms with Gasteiger partial charge in [-0.1, -0.05) is 31.6 Å². The molecule has 3 aliphatic rings. The van der Waals surface area contributed by atoms with Crippen LogP contribution < -0.4 is 9.47 Å². The number of hydrogen-bond acceptors (Lipinski definition) is 5. The number of benzene rings is 1. The fourth-order valence-electron chi connectivity index (χ4n) is 4.88. The number of esters is 1. The maximum Gasteiger partial charge on any atom is 0.302 e. The number of carbonyl (C=O) groups excluding carboxylic acids is 1. The molecule has 5 atom stereocenters. The second-order valence-corrected chi connectivity index (χ2v) is 7.87. The van der Waals surface area contributed by atoms with Gasteiger partial charge < -0.3 is 18.9 Å². The molecular weight excluding hydrogens is 332 g/mol. The van der Waals surface area contributed by atoms with Crippen molar-refractivity contribution in [2.45, 2.75) is 33.8 Å². The van der Waals surface area contributed by atoms with Crippen molar-refractivity contribution in [3.8, 4) is 11.5 Å². The third-order valence-corrected chi connectivity index (χ3v) is 6.52. The average Bonchev–Trinajstić information content (AvgIpc) is 3.06. The molecule has 0 saturated carbocycles. The van der Waals surface area contributed by atoms with Crippen molar-refractivity contribution in [2.75, 3.05) is 20.0 Å². The summed E-state index contributed by atoms with van der Waals surface area (Å²) in [7, 11) is 0. The van der Waals surface area contributed by atoms with Gasteiger partial charge in [0.1, 0.15) is 0 Å². The normalized spacial score (nSPS) is 35.0. The smallest absolute Gasteiger partial charge is 0.302 e. The fourth-order valence-corrected chi connectivity index (χ4v) is 4.88. The molecule has 0 N–H and O–H groups in total. The van der Waals surface area contributed by atoms with E-state index in [4.69, 9.17) is 18.9 Å². The van der Waals surface area contributed by atoms with Crippen molar-refractivity contribution >= 4 is 5.97 Å². The average molecular weight is 358 g/mol. The van der Waals surface area contributed by atoms with Crippen LogP contribution in [-0.4, -0.2) is 26.0 Å². The molecule has 0 unspecified atom stereocenters. The maximum atomic E-state index is 11.4. The molecule has 1 saturated heterocycles. The number of hydrogen-bond donors (Lipinski definition) is 0. The molecule has 4 rings (SSSR count). The Labute approximate surface area is 154 Å². The molecule has 1 fully saturated rings. The fraction of sp³-hybridized carbons (Fsp3) is 0.571. The summed E-state index contributed by atoms with van der Waals surface area (Å²) in [6.07, 6.45) is 2.30. The van der Waals surface area contributed by atoms with Gasteiger partial charge in [-0.3, -0.25) is 4.79 Å². The van der Waals surface area contributed by atoms with Crippen LogP contribution in [-0.2, 0) is 14.3 Å². The highest BCUT2D eigenvalue weighted by molar-refractivity contribution is 5.66. The molecule has 1 aromatic rings. The molecule has 1 aromatic carbocycles. The van der Waals surface area contributed by atoms with E-state index in [1.165, 1.54) is 12.5 Å². The van der Waals surface area contributed by atoms with Crippen molar-refractivity contribution in [3.63, 3.8) is 0 Å². The molecule has 5 heteroatoms. The molecule has 0 amide bonds. The highest BCUT2D eigenvalue weighted by Crippen LogP contribution is 2.56. The van der Waals surface area contributed by atoms with E-state index in [0.717, 1.165) is 17.1 Å². The molecule has 140 valence electrons. The van der Waals surface area contributed by atoms with Crippen molar-refractivity contribution in [1.82, 2.24) is 0 Å². The van der Waals surface area contributed by atoms with E-state index >= 15 is 0 Å². The monoisotopic (exact) mass is 358 g/mol. The van der Waals surface area contributed by atoms with E-state index < -0.39 is 0 Å². The Morgan fingerprint density at radius 2 is 2.04 bits per heavy atom. The third-order valence-electron chi connectivity index (χ3n) is 6.52. The van der Waals surface area contributed by atoms with Crippen LogP contribution in [0.2, 0.25) is 0 Å². The van der Waals surface area contributed by atoms with Gasteiger partial charge >= 0.3 is 5.97 Å². The van der Waals surface area contributed by atoms with Gasteiger partial charge in [0, 0.05) is 18.3 Å². The Hall–Kier alpha value is -2.01. The predicted molar refractivity (Wildman–Crippen MR) is 95.9 cm³/mol. The first-order chi connectivity index (χ1) is 12.4. The topological polar surface area (TPSA) is 54.0 Å².